The van der Waals surface area contributed by atoms with Crippen molar-refractivity contribution >= 4 is 0 Å². The van der Waals surface area contributed by atoms with Crippen molar-refractivity contribution in [3.05, 3.63) is 0 Å². The van der Waals surface area contributed by atoms with Crippen molar-refractivity contribution in [2.45, 2.75) is 61.3 Å². The minimum atomic E-state index is -1.59. The predicted molar refractivity (Wildman–Crippen MR) is 80.2 cm³/mol. The summed E-state index contributed by atoms with van der Waals surface area (Å²) in [5.74, 6) is 0. The molecule has 25 heavy (non-hydrogen) atoms. The molecule has 10 atom stereocenters. The Kier molecular flexibility index (Phi) is 7.49. The van der Waals surface area contributed by atoms with Gasteiger partial charge in [-0.25, -0.2) is 0 Å². The van der Waals surface area contributed by atoms with Gasteiger partial charge in [-0.3, -0.25) is 0 Å². The summed E-state index contributed by atoms with van der Waals surface area (Å²) in [4.78, 5) is 0. The van der Waals surface area contributed by atoms with Gasteiger partial charge in [-0.05, 0) is 0 Å². The maximum atomic E-state index is 10.3. The maximum absolute atomic E-state index is 10.3. The number of ether oxygens (including phenoxy) is 5. The number of rotatable bonds is 6. The largest absolute Gasteiger partial charge is 0.394 e. The molecule has 2 aliphatic rings. The third-order valence-corrected chi connectivity index (χ3v) is 4.42. The molecule has 0 aromatic heterocycles. The normalized spacial score (nSPS) is 48.5. The van der Waals surface area contributed by atoms with Gasteiger partial charge in [0.2, 0.25) is 0 Å². The average molecular weight is 369 g/mol. The molecule has 11 heteroatoms. The first-order valence-electron chi connectivity index (χ1n) is 7.92. The Bertz CT molecular complexity index is 413. The van der Waals surface area contributed by atoms with E-state index in [4.69, 9.17) is 29.4 Å². The lowest BCUT2D eigenvalue weighted by atomic mass is 9.96. The summed E-state index contributed by atoms with van der Waals surface area (Å²) in [5, 5.41) is 49.8. The van der Waals surface area contributed by atoms with Crippen LogP contribution in [0.4, 0.5) is 0 Å². The van der Waals surface area contributed by atoms with Gasteiger partial charge >= 0.3 is 0 Å². The van der Waals surface area contributed by atoms with E-state index in [1.165, 1.54) is 14.2 Å². The van der Waals surface area contributed by atoms with Crippen molar-refractivity contribution in [1.29, 1.82) is 0 Å². The Balaban J connectivity index is 2.12. The monoisotopic (exact) mass is 369 g/mol. The fourth-order valence-electron chi connectivity index (χ4n) is 2.95. The molecule has 2 rings (SSSR count). The van der Waals surface area contributed by atoms with E-state index in [0.29, 0.717) is 0 Å². The fraction of sp³-hybridized carbons (Fsp3) is 1.00. The Labute approximate surface area is 144 Å². The first kappa shape index (κ1) is 20.9. The zero-order chi connectivity index (χ0) is 18.7. The molecular weight excluding hydrogens is 342 g/mol. The van der Waals surface area contributed by atoms with Gasteiger partial charge in [0.15, 0.2) is 12.6 Å². The van der Waals surface area contributed by atoms with E-state index < -0.39 is 68.0 Å². The number of methoxy groups -OCH3 is 2. The van der Waals surface area contributed by atoms with Crippen molar-refractivity contribution in [2.75, 3.05) is 27.4 Å². The Hall–Kier alpha value is -0.440. The van der Waals surface area contributed by atoms with Crippen LogP contribution < -0.4 is 5.73 Å². The lowest BCUT2D eigenvalue weighted by molar-refractivity contribution is -0.346. The number of hydrogen-bond acceptors (Lipinski definition) is 11. The number of aliphatic hydroxyl groups excluding tert-OH is 5. The molecule has 2 heterocycles. The van der Waals surface area contributed by atoms with Gasteiger partial charge in [-0.2, -0.15) is 0 Å². The van der Waals surface area contributed by atoms with Gasteiger partial charge in [0.05, 0.1) is 19.3 Å². The van der Waals surface area contributed by atoms with Crippen molar-refractivity contribution in [3.63, 3.8) is 0 Å². The second-order valence-corrected chi connectivity index (χ2v) is 6.10. The first-order valence-corrected chi connectivity index (χ1v) is 7.92. The van der Waals surface area contributed by atoms with Gasteiger partial charge in [-0.1, -0.05) is 0 Å². The van der Waals surface area contributed by atoms with Gasteiger partial charge in [0.1, 0.15) is 42.7 Å². The number of aliphatic hydroxyl groups is 5. The quantitative estimate of drug-likeness (QED) is 0.268. The second kappa shape index (κ2) is 8.97. The maximum Gasteiger partial charge on any atom is 0.187 e. The van der Waals surface area contributed by atoms with Crippen LogP contribution in [0.3, 0.4) is 0 Å². The van der Waals surface area contributed by atoms with E-state index in [1.54, 1.807) is 0 Å². The highest BCUT2D eigenvalue weighted by Crippen LogP contribution is 2.28. The highest BCUT2D eigenvalue weighted by atomic mass is 16.7. The van der Waals surface area contributed by atoms with Crippen LogP contribution in [0.25, 0.3) is 0 Å². The van der Waals surface area contributed by atoms with E-state index >= 15 is 0 Å². The smallest absolute Gasteiger partial charge is 0.187 e. The van der Waals surface area contributed by atoms with Gasteiger partial charge in [0, 0.05) is 14.2 Å². The molecule has 0 bridgehead atoms. The molecule has 7 N–H and O–H groups in total. The summed E-state index contributed by atoms with van der Waals surface area (Å²) in [6.45, 7) is -0.562. The van der Waals surface area contributed by atoms with Crippen molar-refractivity contribution in [3.8, 4) is 0 Å². The fourth-order valence-corrected chi connectivity index (χ4v) is 2.95. The van der Waals surface area contributed by atoms with Crippen LogP contribution >= 0.6 is 0 Å². The molecule has 0 spiro atoms. The molecule has 2 saturated heterocycles. The highest BCUT2D eigenvalue weighted by molar-refractivity contribution is 4.95. The summed E-state index contributed by atoms with van der Waals surface area (Å²) in [6.07, 6.45) is -11.3. The van der Waals surface area contributed by atoms with Crippen molar-refractivity contribution in [1.82, 2.24) is 0 Å². The molecule has 0 aliphatic carbocycles. The summed E-state index contributed by atoms with van der Waals surface area (Å²) >= 11 is 0. The van der Waals surface area contributed by atoms with Crippen molar-refractivity contribution < 1.29 is 49.2 Å². The number of nitrogens with two attached hydrogens (primary N) is 1. The van der Waals surface area contributed by atoms with Gasteiger partial charge in [0.25, 0.3) is 0 Å². The zero-order valence-electron chi connectivity index (χ0n) is 14.0. The Morgan fingerprint density at radius 3 is 2.08 bits per heavy atom. The van der Waals surface area contributed by atoms with Crippen LogP contribution in [0.15, 0.2) is 0 Å². The second-order valence-electron chi connectivity index (χ2n) is 6.10. The van der Waals surface area contributed by atoms with Crippen LogP contribution in [0.5, 0.6) is 0 Å². The van der Waals surface area contributed by atoms with E-state index in [-0.39, 0.29) is 6.61 Å². The molecule has 2 aliphatic heterocycles. The highest BCUT2D eigenvalue weighted by Gasteiger charge is 2.50. The topological polar surface area (TPSA) is 173 Å². The molecule has 0 unspecified atom stereocenters. The molecule has 0 amide bonds. The summed E-state index contributed by atoms with van der Waals surface area (Å²) < 4.78 is 26.3. The van der Waals surface area contributed by atoms with Crippen LogP contribution in [0, 0.1) is 0 Å². The van der Waals surface area contributed by atoms with Crippen LogP contribution in [-0.2, 0) is 23.7 Å². The van der Waals surface area contributed by atoms with Crippen LogP contribution in [0.2, 0.25) is 0 Å². The summed E-state index contributed by atoms with van der Waals surface area (Å²) in [7, 11) is 2.72. The molecule has 11 nitrogen and oxygen atoms in total. The molecule has 2 fully saturated rings. The third-order valence-electron chi connectivity index (χ3n) is 4.42. The lowest BCUT2D eigenvalue weighted by Crippen LogP contribution is -2.66. The minimum absolute atomic E-state index is 0.0524. The molecule has 0 aromatic carbocycles. The summed E-state index contributed by atoms with van der Waals surface area (Å²) in [5.41, 5.74) is 5.83. The lowest BCUT2D eigenvalue weighted by Gasteiger charge is -2.46. The molecule has 0 saturated carbocycles. The van der Waals surface area contributed by atoms with Gasteiger partial charge in [-0.15, -0.1) is 0 Å². The Morgan fingerprint density at radius 2 is 1.52 bits per heavy atom. The first-order chi connectivity index (χ1) is 11.8. The molecular formula is C14H27NO10. The summed E-state index contributed by atoms with van der Waals surface area (Å²) in [6, 6.07) is -0.969. The van der Waals surface area contributed by atoms with Crippen LogP contribution in [-0.4, -0.2) is 114 Å². The van der Waals surface area contributed by atoms with E-state index in [9.17, 15) is 25.5 Å². The molecule has 0 radical (unpaired) electrons. The van der Waals surface area contributed by atoms with Gasteiger partial charge < -0.3 is 55.0 Å². The molecule has 0 aromatic rings. The Morgan fingerprint density at radius 1 is 0.880 bits per heavy atom. The van der Waals surface area contributed by atoms with E-state index in [0.717, 1.165) is 0 Å². The number of hydrogen-bond donors (Lipinski definition) is 6. The SMILES string of the molecule is COC[C@H]1O[C@H](O[C@H]2[C@H](O)[C@@H](N)[C@@H](OC)O[C@@H]2CO)[C@@H](O)[C@@H](O)[C@@H]1O. The van der Waals surface area contributed by atoms with Crippen molar-refractivity contribution in [2.24, 2.45) is 5.73 Å². The average Bonchev–Trinajstić information content (AvgIpc) is 2.61. The zero-order valence-corrected chi connectivity index (χ0v) is 14.0. The molecule has 148 valence electrons. The van der Waals surface area contributed by atoms with E-state index in [2.05, 4.69) is 0 Å². The third kappa shape index (κ3) is 4.28. The minimum Gasteiger partial charge on any atom is -0.394 e. The van der Waals surface area contributed by atoms with E-state index in [1.807, 2.05) is 0 Å². The predicted octanol–water partition coefficient (Wildman–Crippen LogP) is -4.12. The standard InChI is InChI=1S/C14H27NO10/c1-21-4-6-8(17)10(19)11(20)14(24-6)25-12-5(3-16)23-13(22-2)7(15)9(12)18/h5-14,16-20H,3-4,15H2,1-2H3/t5-,6-,7-,8-,9-,10+,11+,12-,13+,14-/m1/s1. The van der Waals surface area contributed by atoms with Crippen LogP contribution in [0.1, 0.15) is 0 Å².